The molecule has 4 heteroatoms. The van der Waals surface area contributed by atoms with Gasteiger partial charge < -0.3 is 4.90 Å². The zero-order chi connectivity index (χ0) is 9.26. The van der Waals surface area contributed by atoms with Crippen LogP contribution in [0.2, 0.25) is 0 Å². The summed E-state index contributed by atoms with van der Waals surface area (Å²) >= 11 is 0. The largest absolute Gasteiger partial charge is 0.339 e. The van der Waals surface area contributed by atoms with Crippen LogP contribution in [0, 0.1) is 0 Å². The summed E-state index contributed by atoms with van der Waals surface area (Å²) in [6.45, 7) is 0. The van der Waals surface area contributed by atoms with Gasteiger partial charge in [-0.25, -0.2) is 0 Å². The molecule has 0 bridgehead atoms. The van der Waals surface area contributed by atoms with E-state index in [1.165, 1.54) is 0 Å². The summed E-state index contributed by atoms with van der Waals surface area (Å²) in [6, 6.07) is 4.17. The molecule has 1 aromatic rings. The van der Waals surface area contributed by atoms with Gasteiger partial charge in [-0.05, 0) is 18.1 Å². The van der Waals surface area contributed by atoms with E-state index in [2.05, 4.69) is 4.98 Å². The number of hydrogen-bond acceptors (Lipinski definition) is 2. The van der Waals surface area contributed by atoms with E-state index in [4.69, 9.17) is 0 Å². The zero-order valence-electron chi connectivity index (χ0n) is 8.01. The Bertz CT molecular complexity index is 315. The maximum absolute atomic E-state index is 11.3. The summed E-state index contributed by atoms with van der Waals surface area (Å²) in [4.78, 5) is 17.1. The smallest absolute Gasteiger partial charge is 0.222 e. The van der Waals surface area contributed by atoms with Gasteiger partial charge in [0, 0.05) is 25.9 Å². The number of rotatable bonds is 1. The molecule has 0 spiro atoms. The molecule has 3 nitrogen and oxygen atoms in total. The van der Waals surface area contributed by atoms with Gasteiger partial charge in [-0.1, -0.05) is 6.07 Å². The van der Waals surface area contributed by atoms with Crippen LogP contribution >= 0.6 is 12.4 Å². The number of hydrogen-bond donors (Lipinski definition) is 0. The summed E-state index contributed by atoms with van der Waals surface area (Å²) in [5.74, 6) is 0.230. The molecule has 0 aromatic carbocycles. The molecular formula is C10H13ClN2O. The van der Waals surface area contributed by atoms with Crippen molar-refractivity contribution in [3.05, 3.63) is 30.1 Å². The first kappa shape index (κ1) is 11.0. The highest BCUT2D eigenvalue weighted by atomic mass is 35.5. The van der Waals surface area contributed by atoms with Gasteiger partial charge >= 0.3 is 0 Å². The van der Waals surface area contributed by atoms with Crippen LogP contribution in [0.15, 0.2) is 24.5 Å². The minimum Gasteiger partial charge on any atom is -0.339 e. The van der Waals surface area contributed by atoms with Crippen LogP contribution in [0.3, 0.4) is 0 Å². The van der Waals surface area contributed by atoms with Crippen LogP contribution in [0.5, 0.6) is 0 Å². The fourth-order valence-corrected chi connectivity index (χ4v) is 1.77. The molecule has 0 radical (unpaired) electrons. The van der Waals surface area contributed by atoms with E-state index in [1.807, 2.05) is 25.4 Å². The van der Waals surface area contributed by atoms with Crippen LogP contribution in [-0.2, 0) is 4.79 Å². The summed E-state index contributed by atoms with van der Waals surface area (Å²) in [7, 11) is 1.85. The Hall–Kier alpha value is -1.09. The van der Waals surface area contributed by atoms with Gasteiger partial charge in [-0.2, -0.15) is 0 Å². The van der Waals surface area contributed by atoms with E-state index < -0.39 is 0 Å². The predicted molar refractivity (Wildman–Crippen MR) is 56.2 cm³/mol. The lowest BCUT2D eigenvalue weighted by atomic mass is 10.1. The van der Waals surface area contributed by atoms with Crippen LogP contribution in [0.1, 0.15) is 24.4 Å². The topological polar surface area (TPSA) is 33.2 Å². The Kier molecular flexibility index (Phi) is 3.47. The van der Waals surface area contributed by atoms with Crippen molar-refractivity contribution in [2.45, 2.75) is 18.9 Å². The number of pyridine rings is 1. The molecule has 0 N–H and O–H groups in total. The minimum atomic E-state index is 0. The van der Waals surface area contributed by atoms with Crippen molar-refractivity contribution in [1.29, 1.82) is 0 Å². The van der Waals surface area contributed by atoms with Crippen LogP contribution in [0.4, 0.5) is 0 Å². The van der Waals surface area contributed by atoms with Crippen LogP contribution in [0.25, 0.3) is 0 Å². The third kappa shape index (κ3) is 1.87. The number of nitrogens with zero attached hydrogens (tertiary/aromatic N) is 2. The molecule has 1 aliphatic heterocycles. The highest BCUT2D eigenvalue weighted by molar-refractivity contribution is 5.85. The molecule has 1 aromatic heterocycles. The molecule has 76 valence electrons. The molecule has 1 atom stereocenters. The van der Waals surface area contributed by atoms with Gasteiger partial charge in [0.2, 0.25) is 5.91 Å². The van der Waals surface area contributed by atoms with E-state index in [9.17, 15) is 4.79 Å². The second kappa shape index (κ2) is 4.42. The Morgan fingerprint density at radius 1 is 1.57 bits per heavy atom. The minimum absolute atomic E-state index is 0. The number of halogens is 1. The molecule has 1 saturated heterocycles. The fourth-order valence-electron chi connectivity index (χ4n) is 1.77. The number of amides is 1. The molecule has 0 aliphatic carbocycles. The Balaban J connectivity index is 0.000000980. The fraction of sp³-hybridized carbons (Fsp3) is 0.400. The van der Waals surface area contributed by atoms with Gasteiger partial charge in [-0.3, -0.25) is 9.78 Å². The number of likely N-dealkylation sites (tertiary alicyclic amines) is 1. The van der Waals surface area contributed by atoms with Crippen molar-refractivity contribution in [1.82, 2.24) is 9.88 Å². The van der Waals surface area contributed by atoms with E-state index in [0.717, 1.165) is 12.0 Å². The van der Waals surface area contributed by atoms with Crippen molar-refractivity contribution >= 4 is 18.3 Å². The SMILES string of the molecule is CN1C(=O)CC[C@H]1c1cccnc1.Cl. The molecule has 14 heavy (non-hydrogen) atoms. The first-order valence-corrected chi connectivity index (χ1v) is 4.44. The Labute approximate surface area is 89.5 Å². The summed E-state index contributed by atoms with van der Waals surface area (Å²) in [6.07, 6.45) is 5.16. The van der Waals surface area contributed by atoms with Crippen molar-refractivity contribution < 1.29 is 4.79 Å². The highest BCUT2D eigenvalue weighted by Gasteiger charge is 2.28. The van der Waals surface area contributed by atoms with Gasteiger partial charge in [0.1, 0.15) is 0 Å². The quantitative estimate of drug-likeness (QED) is 0.711. The predicted octanol–water partition coefficient (Wildman–Crippen LogP) is 1.80. The lowest BCUT2D eigenvalue weighted by Crippen LogP contribution is -2.22. The molecular weight excluding hydrogens is 200 g/mol. The second-order valence-electron chi connectivity index (χ2n) is 3.35. The van der Waals surface area contributed by atoms with Gasteiger partial charge in [0.25, 0.3) is 0 Å². The average Bonchev–Trinajstić information content (AvgIpc) is 2.49. The number of carbonyl (C=O) groups excluding carboxylic acids is 1. The summed E-state index contributed by atoms with van der Waals surface area (Å²) < 4.78 is 0. The molecule has 1 aliphatic rings. The number of carbonyl (C=O) groups is 1. The average molecular weight is 213 g/mol. The maximum Gasteiger partial charge on any atom is 0.222 e. The first-order chi connectivity index (χ1) is 6.29. The highest BCUT2D eigenvalue weighted by Crippen LogP contribution is 2.30. The molecule has 1 amide bonds. The molecule has 2 heterocycles. The van der Waals surface area contributed by atoms with E-state index >= 15 is 0 Å². The first-order valence-electron chi connectivity index (χ1n) is 4.44. The van der Waals surface area contributed by atoms with Gasteiger partial charge in [0.05, 0.1) is 6.04 Å². The second-order valence-corrected chi connectivity index (χ2v) is 3.35. The maximum atomic E-state index is 11.3. The third-order valence-corrected chi connectivity index (χ3v) is 2.56. The van der Waals surface area contributed by atoms with Gasteiger partial charge in [-0.15, -0.1) is 12.4 Å². The molecule has 0 unspecified atom stereocenters. The lowest BCUT2D eigenvalue weighted by Gasteiger charge is -2.19. The van der Waals surface area contributed by atoms with Gasteiger partial charge in [0.15, 0.2) is 0 Å². The Morgan fingerprint density at radius 2 is 2.36 bits per heavy atom. The van der Waals surface area contributed by atoms with Crippen molar-refractivity contribution in [3.63, 3.8) is 0 Å². The standard InChI is InChI=1S/C10H12N2O.ClH/c1-12-9(4-5-10(12)13)8-3-2-6-11-7-8;/h2-3,6-7,9H,4-5H2,1H3;1H/t9-;/m0./s1. The Morgan fingerprint density at radius 3 is 2.86 bits per heavy atom. The van der Waals surface area contributed by atoms with E-state index in [0.29, 0.717) is 6.42 Å². The summed E-state index contributed by atoms with van der Waals surface area (Å²) in [5.41, 5.74) is 1.14. The zero-order valence-corrected chi connectivity index (χ0v) is 8.83. The summed E-state index contributed by atoms with van der Waals surface area (Å²) in [5, 5.41) is 0. The molecule has 2 rings (SSSR count). The van der Waals surface area contributed by atoms with Crippen molar-refractivity contribution in [3.8, 4) is 0 Å². The number of aromatic nitrogens is 1. The van der Waals surface area contributed by atoms with Crippen molar-refractivity contribution in [2.24, 2.45) is 0 Å². The normalized spacial score (nSPS) is 20.8. The monoisotopic (exact) mass is 212 g/mol. The molecule has 1 fully saturated rings. The van der Waals surface area contributed by atoms with Crippen molar-refractivity contribution in [2.75, 3.05) is 7.05 Å². The lowest BCUT2D eigenvalue weighted by molar-refractivity contribution is -0.127. The van der Waals surface area contributed by atoms with Crippen LogP contribution in [-0.4, -0.2) is 22.8 Å². The van der Waals surface area contributed by atoms with E-state index in [-0.39, 0.29) is 24.4 Å². The molecule has 0 saturated carbocycles. The van der Waals surface area contributed by atoms with E-state index in [1.54, 1.807) is 11.1 Å². The van der Waals surface area contributed by atoms with Crippen LogP contribution < -0.4 is 0 Å². The third-order valence-electron chi connectivity index (χ3n) is 2.56.